The Bertz CT molecular complexity index is 824. The van der Waals surface area contributed by atoms with Gasteiger partial charge in [0.2, 0.25) is 5.91 Å². The molecule has 1 fully saturated rings. The van der Waals surface area contributed by atoms with Gasteiger partial charge < -0.3 is 19.1 Å². The van der Waals surface area contributed by atoms with E-state index in [-0.39, 0.29) is 18.9 Å². The summed E-state index contributed by atoms with van der Waals surface area (Å²) in [6, 6.07) is 12.0. The van der Waals surface area contributed by atoms with Gasteiger partial charge in [-0.25, -0.2) is 0 Å². The Morgan fingerprint density at radius 2 is 1.81 bits per heavy atom. The molecule has 0 bridgehead atoms. The van der Waals surface area contributed by atoms with Crippen molar-refractivity contribution in [3.8, 4) is 17.2 Å². The predicted octanol–water partition coefficient (Wildman–Crippen LogP) is 3.32. The minimum atomic E-state index is -0.562. The second-order valence-electron chi connectivity index (χ2n) is 5.80. The number of halogens is 1. The minimum absolute atomic E-state index is 0.0679. The van der Waals surface area contributed by atoms with Crippen molar-refractivity contribution < 1.29 is 23.8 Å². The zero-order valence-corrected chi connectivity index (χ0v) is 15.2. The SMILES string of the molecule is COc1cc(OC)c(N2C[C@@H](C(=O)Oc3ccccc3)CC2=O)cc1Cl. The van der Waals surface area contributed by atoms with Crippen LogP contribution in [-0.4, -0.2) is 32.6 Å². The van der Waals surface area contributed by atoms with E-state index in [1.54, 1.807) is 36.4 Å². The molecule has 26 heavy (non-hydrogen) atoms. The second kappa shape index (κ2) is 7.66. The summed E-state index contributed by atoms with van der Waals surface area (Å²) in [4.78, 5) is 26.3. The number of anilines is 1. The highest BCUT2D eigenvalue weighted by atomic mass is 35.5. The largest absolute Gasteiger partial charge is 0.495 e. The molecular formula is C19H18ClNO5. The van der Waals surface area contributed by atoms with E-state index in [4.69, 9.17) is 25.8 Å². The molecule has 1 atom stereocenters. The zero-order valence-electron chi connectivity index (χ0n) is 14.4. The van der Waals surface area contributed by atoms with Gasteiger partial charge in [0.1, 0.15) is 17.2 Å². The van der Waals surface area contributed by atoms with Crippen molar-refractivity contribution in [3.63, 3.8) is 0 Å². The van der Waals surface area contributed by atoms with Gasteiger partial charge in [-0.15, -0.1) is 0 Å². The molecule has 2 aromatic rings. The number of carbonyl (C=O) groups excluding carboxylic acids is 2. The summed E-state index contributed by atoms with van der Waals surface area (Å²) in [7, 11) is 2.99. The van der Waals surface area contributed by atoms with E-state index in [2.05, 4.69) is 0 Å². The van der Waals surface area contributed by atoms with E-state index in [1.807, 2.05) is 6.07 Å². The third-order valence-corrected chi connectivity index (χ3v) is 4.46. The lowest BCUT2D eigenvalue weighted by atomic mass is 10.1. The third-order valence-electron chi connectivity index (χ3n) is 4.16. The van der Waals surface area contributed by atoms with E-state index in [1.165, 1.54) is 19.1 Å². The number of benzene rings is 2. The zero-order chi connectivity index (χ0) is 18.7. The molecular weight excluding hydrogens is 358 g/mol. The van der Waals surface area contributed by atoms with Gasteiger partial charge in [-0.2, -0.15) is 0 Å². The molecule has 0 spiro atoms. The summed E-state index contributed by atoms with van der Waals surface area (Å²) in [5.41, 5.74) is 0.498. The number of esters is 1. The Labute approximate surface area is 156 Å². The van der Waals surface area contributed by atoms with Crippen LogP contribution in [0.3, 0.4) is 0 Å². The summed E-state index contributed by atoms with van der Waals surface area (Å²) < 4.78 is 15.9. The number of hydrogen-bond donors (Lipinski definition) is 0. The Morgan fingerprint density at radius 1 is 1.12 bits per heavy atom. The van der Waals surface area contributed by atoms with Crippen LogP contribution in [0.1, 0.15) is 6.42 Å². The molecule has 7 heteroatoms. The van der Waals surface area contributed by atoms with Crippen molar-refractivity contribution >= 4 is 29.2 Å². The van der Waals surface area contributed by atoms with Crippen molar-refractivity contribution in [1.82, 2.24) is 0 Å². The van der Waals surface area contributed by atoms with Crippen molar-refractivity contribution in [2.75, 3.05) is 25.7 Å². The van der Waals surface area contributed by atoms with Crippen molar-refractivity contribution in [2.45, 2.75) is 6.42 Å². The number of nitrogens with zero attached hydrogens (tertiary/aromatic N) is 1. The van der Waals surface area contributed by atoms with E-state index >= 15 is 0 Å². The standard InChI is InChI=1S/C19H18ClNO5/c1-24-16-10-17(25-2)15(9-14(16)20)21-11-12(8-18(21)22)19(23)26-13-6-4-3-5-7-13/h3-7,9-10,12H,8,11H2,1-2H3/t12-/m0/s1. The maximum Gasteiger partial charge on any atom is 0.316 e. The Kier molecular flexibility index (Phi) is 5.32. The van der Waals surface area contributed by atoms with E-state index in [0.29, 0.717) is 28.0 Å². The fourth-order valence-corrected chi connectivity index (χ4v) is 3.08. The molecule has 1 aliphatic rings. The molecule has 1 saturated heterocycles. The molecule has 2 aromatic carbocycles. The van der Waals surface area contributed by atoms with E-state index < -0.39 is 11.9 Å². The first-order valence-electron chi connectivity index (χ1n) is 8.02. The Balaban J connectivity index is 1.80. The normalized spacial score (nSPS) is 16.5. The number of ether oxygens (including phenoxy) is 3. The maximum absolute atomic E-state index is 12.5. The van der Waals surface area contributed by atoms with Crippen LogP contribution in [0.5, 0.6) is 17.2 Å². The van der Waals surface area contributed by atoms with Crippen molar-refractivity contribution in [1.29, 1.82) is 0 Å². The van der Waals surface area contributed by atoms with Crippen molar-refractivity contribution in [3.05, 3.63) is 47.5 Å². The van der Waals surface area contributed by atoms with Gasteiger partial charge in [-0.1, -0.05) is 29.8 Å². The average Bonchev–Trinajstić information content (AvgIpc) is 3.04. The summed E-state index contributed by atoms with van der Waals surface area (Å²) >= 11 is 6.18. The average molecular weight is 376 g/mol. The van der Waals surface area contributed by atoms with Crippen molar-refractivity contribution in [2.24, 2.45) is 5.92 Å². The van der Waals surface area contributed by atoms with Crippen LogP contribution in [-0.2, 0) is 9.59 Å². The molecule has 0 saturated carbocycles. The molecule has 1 aliphatic heterocycles. The van der Waals surface area contributed by atoms with Gasteiger partial charge >= 0.3 is 5.97 Å². The molecule has 0 radical (unpaired) electrons. The minimum Gasteiger partial charge on any atom is -0.495 e. The Hall–Kier alpha value is -2.73. The van der Waals surface area contributed by atoms with Crippen LogP contribution < -0.4 is 19.1 Å². The van der Waals surface area contributed by atoms with Crippen LogP contribution >= 0.6 is 11.6 Å². The number of para-hydroxylation sites is 1. The van der Waals surface area contributed by atoms with Gasteiger partial charge in [0.05, 0.1) is 30.8 Å². The second-order valence-corrected chi connectivity index (χ2v) is 6.21. The van der Waals surface area contributed by atoms with Gasteiger partial charge in [0.25, 0.3) is 0 Å². The lowest BCUT2D eigenvalue weighted by Gasteiger charge is -2.20. The molecule has 0 N–H and O–H groups in total. The lowest BCUT2D eigenvalue weighted by Crippen LogP contribution is -2.27. The maximum atomic E-state index is 12.5. The predicted molar refractivity (Wildman–Crippen MR) is 97.1 cm³/mol. The third kappa shape index (κ3) is 3.60. The fraction of sp³-hybridized carbons (Fsp3) is 0.263. The number of rotatable bonds is 5. The number of carbonyl (C=O) groups is 2. The van der Waals surface area contributed by atoms with Crippen LogP contribution in [0.25, 0.3) is 0 Å². The first-order chi connectivity index (χ1) is 12.5. The summed E-state index contributed by atoms with van der Waals surface area (Å²) in [6.07, 6.45) is 0.0679. The smallest absolute Gasteiger partial charge is 0.316 e. The summed E-state index contributed by atoms with van der Waals surface area (Å²) in [6.45, 7) is 0.198. The number of hydrogen-bond acceptors (Lipinski definition) is 5. The van der Waals surface area contributed by atoms with E-state index in [9.17, 15) is 9.59 Å². The first kappa shape index (κ1) is 18.1. The van der Waals surface area contributed by atoms with Gasteiger partial charge in [0, 0.05) is 19.0 Å². The molecule has 1 heterocycles. The highest BCUT2D eigenvalue weighted by molar-refractivity contribution is 6.32. The molecule has 0 aromatic heterocycles. The number of amides is 1. The summed E-state index contributed by atoms with van der Waals surface area (Å²) in [5, 5.41) is 0.353. The van der Waals surface area contributed by atoms with Crippen LogP contribution in [0.4, 0.5) is 5.69 Å². The highest BCUT2D eigenvalue weighted by Gasteiger charge is 2.37. The van der Waals surface area contributed by atoms with Gasteiger partial charge in [-0.05, 0) is 18.2 Å². The topological polar surface area (TPSA) is 65.1 Å². The molecule has 1 amide bonds. The van der Waals surface area contributed by atoms with Crippen LogP contribution in [0.15, 0.2) is 42.5 Å². The Morgan fingerprint density at radius 3 is 2.46 bits per heavy atom. The highest BCUT2D eigenvalue weighted by Crippen LogP contribution is 2.40. The molecule has 6 nitrogen and oxygen atoms in total. The quantitative estimate of drug-likeness (QED) is 0.592. The molecule has 136 valence electrons. The van der Waals surface area contributed by atoms with E-state index in [0.717, 1.165) is 0 Å². The van der Waals surface area contributed by atoms with Gasteiger partial charge in [-0.3, -0.25) is 9.59 Å². The summed E-state index contributed by atoms with van der Waals surface area (Å²) in [5.74, 6) is 0.141. The molecule has 3 rings (SSSR count). The fourth-order valence-electron chi connectivity index (χ4n) is 2.84. The first-order valence-corrected chi connectivity index (χ1v) is 8.40. The lowest BCUT2D eigenvalue weighted by molar-refractivity contribution is -0.139. The number of methoxy groups -OCH3 is 2. The monoisotopic (exact) mass is 375 g/mol. The molecule has 0 unspecified atom stereocenters. The van der Waals surface area contributed by atoms with Gasteiger partial charge in [0.15, 0.2) is 0 Å². The van der Waals surface area contributed by atoms with Crippen LogP contribution in [0.2, 0.25) is 5.02 Å². The molecule has 0 aliphatic carbocycles. The van der Waals surface area contributed by atoms with Crippen LogP contribution in [0, 0.1) is 5.92 Å².